The van der Waals surface area contributed by atoms with Crippen LogP contribution in [0.2, 0.25) is 0 Å². The first kappa shape index (κ1) is 18.9. The van der Waals surface area contributed by atoms with Crippen LogP contribution in [0, 0.1) is 5.92 Å². The number of nitrogen functional groups attached to an aromatic ring is 1. The van der Waals surface area contributed by atoms with Gasteiger partial charge >= 0.3 is 6.18 Å². The fourth-order valence-corrected chi connectivity index (χ4v) is 3.62. The van der Waals surface area contributed by atoms with Gasteiger partial charge in [0.15, 0.2) is 0 Å². The molecule has 28 heavy (non-hydrogen) atoms. The lowest BCUT2D eigenvalue weighted by atomic mass is 9.93. The van der Waals surface area contributed by atoms with Crippen molar-refractivity contribution in [1.29, 1.82) is 0 Å². The molecule has 1 aliphatic carbocycles. The van der Waals surface area contributed by atoms with Crippen LogP contribution in [0.25, 0.3) is 11.1 Å². The fourth-order valence-electron chi connectivity index (χ4n) is 3.62. The zero-order chi connectivity index (χ0) is 20.1. The van der Waals surface area contributed by atoms with E-state index in [4.69, 9.17) is 16.3 Å². The van der Waals surface area contributed by atoms with E-state index in [-0.39, 0.29) is 16.9 Å². The van der Waals surface area contributed by atoms with Crippen LogP contribution >= 0.6 is 0 Å². The molecule has 5 nitrogen and oxygen atoms in total. The quantitative estimate of drug-likeness (QED) is 0.417. The highest BCUT2D eigenvalue weighted by Crippen LogP contribution is 2.46. The molecular formula is C20H22F3N3O2. The van der Waals surface area contributed by atoms with Crippen LogP contribution in [0.15, 0.2) is 30.3 Å². The third-order valence-electron chi connectivity index (χ3n) is 5.30. The number of rotatable bonds is 4. The SMILES string of the molecule is Nc1c(N(N)CC2CC2)ccc(-c2ccc3c(c2)OCCC3O)c1C(F)(F)F. The van der Waals surface area contributed by atoms with E-state index in [1.165, 1.54) is 23.2 Å². The maximum absolute atomic E-state index is 13.9. The number of aliphatic hydroxyl groups excluding tert-OH is 1. The zero-order valence-electron chi connectivity index (χ0n) is 15.2. The van der Waals surface area contributed by atoms with Gasteiger partial charge in [0.25, 0.3) is 0 Å². The molecule has 5 N–H and O–H groups in total. The molecule has 1 aliphatic heterocycles. The summed E-state index contributed by atoms with van der Waals surface area (Å²) in [5, 5.41) is 11.3. The number of hydrogen-bond acceptors (Lipinski definition) is 5. The van der Waals surface area contributed by atoms with Crippen molar-refractivity contribution in [1.82, 2.24) is 0 Å². The summed E-state index contributed by atoms with van der Waals surface area (Å²) in [5.41, 5.74) is 5.69. The van der Waals surface area contributed by atoms with Crippen molar-refractivity contribution in [2.24, 2.45) is 11.8 Å². The normalized spacial score (nSPS) is 19.1. The number of alkyl halides is 3. The minimum atomic E-state index is -4.65. The molecule has 0 amide bonds. The Hall–Kier alpha value is -2.45. The summed E-state index contributed by atoms with van der Waals surface area (Å²) in [6.07, 6.45) is -2.82. The number of benzene rings is 2. The molecule has 1 saturated carbocycles. The van der Waals surface area contributed by atoms with E-state index in [0.717, 1.165) is 12.8 Å². The average molecular weight is 393 g/mol. The lowest BCUT2D eigenvalue weighted by Crippen LogP contribution is -2.34. The van der Waals surface area contributed by atoms with Crippen LogP contribution < -0.4 is 21.3 Å². The Balaban J connectivity index is 1.79. The minimum absolute atomic E-state index is 0.0416. The number of halogens is 3. The molecule has 150 valence electrons. The molecule has 2 aliphatic rings. The van der Waals surface area contributed by atoms with Gasteiger partial charge in [0.05, 0.1) is 29.6 Å². The van der Waals surface area contributed by atoms with Crippen molar-refractivity contribution < 1.29 is 23.0 Å². The number of nitrogens with zero attached hydrogens (tertiary/aromatic N) is 1. The molecule has 1 unspecified atom stereocenters. The van der Waals surface area contributed by atoms with Gasteiger partial charge in [-0.1, -0.05) is 18.2 Å². The Morgan fingerprint density at radius 2 is 1.89 bits per heavy atom. The lowest BCUT2D eigenvalue weighted by Gasteiger charge is -2.26. The van der Waals surface area contributed by atoms with Gasteiger partial charge in [-0.25, -0.2) is 5.84 Å². The van der Waals surface area contributed by atoms with Crippen molar-refractivity contribution in [3.8, 4) is 16.9 Å². The van der Waals surface area contributed by atoms with Gasteiger partial charge in [-0.15, -0.1) is 0 Å². The molecule has 0 spiro atoms. The maximum atomic E-state index is 13.9. The molecule has 1 heterocycles. The number of aliphatic hydroxyl groups is 1. The molecule has 8 heteroatoms. The van der Waals surface area contributed by atoms with Crippen molar-refractivity contribution >= 4 is 11.4 Å². The van der Waals surface area contributed by atoms with E-state index in [1.807, 2.05) is 0 Å². The number of anilines is 2. The molecule has 1 fully saturated rings. The third kappa shape index (κ3) is 3.49. The van der Waals surface area contributed by atoms with Gasteiger partial charge in [0.2, 0.25) is 0 Å². The molecule has 0 radical (unpaired) electrons. The first-order chi connectivity index (χ1) is 13.3. The third-order valence-corrected chi connectivity index (χ3v) is 5.30. The predicted octanol–water partition coefficient (Wildman–Crippen LogP) is 3.86. The highest BCUT2D eigenvalue weighted by atomic mass is 19.4. The second-order valence-corrected chi connectivity index (χ2v) is 7.42. The van der Waals surface area contributed by atoms with E-state index in [1.54, 1.807) is 12.1 Å². The van der Waals surface area contributed by atoms with E-state index in [9.17, 15) is 18.3 Å². The summed E-state index contributed by atoms with van der Waals surface area (Å²) in [6, 6.07) is 7.58. The molecule has 0 aromatic heterocycles. The van der Waals surface area contributed by atoms with Gasteiger partial charge in [-0.2, -0.15) is 13.2 Å². The Kier molecular flexibility index (Phi) is 4.63. The Labute approximate surface area is 160 Å². The Bertz CT molecular complexity index is 897. The van der Waals surface area contributed by atoms with Crippen LogP contribution in [0.5, 0.6) is 5.75 Å². The number of nitrogens with two attached hydrogens (primary N) is 2. The van der Waals surface area contributed by atoms with Crippen LogP contribution in [0.1, 0.15) is 36.5 Å². The molecule has 0 bridgehead atoms. The lowest BCUT2D eigenvalue weighted by molar-refractivity contribution is -0.136. The van der Waals surface area contributed by atoms with Crippen molar-refractivity contribution in [2.45, 2.75) is 31.5 Å². The first-order valence-electron chi connectivity index (χ1n) is 9.23. The fraction of sp³-hybridized carbons (Fsp3) is 0.400. The van der Waals surface area contributed by atoms with E-state index in [2.05, 4.69) is 0 Å². The molecule has 2 aromatic carbocycles. The molecule has 2 aromatic rings. The van der Waals surface area contributed by atoms with E-state index in [0.29, 0.717) is 42.4 Å². The maximum Gasteiger partial charge on any atom is 0.419 e. The van der Waals surface area contributed by atoms with Crippen LogP contribution in [0.3, 0.4) is 0 Å². The smallest absolute Gasteiger partial charge is 0.419 e. The number of hydrazine groups is 1. The Morgan fingerprint density at radius 3 is 2.57 bits per heavy atom. The van der Waals surface area contributed by atoms with Crippen molar-refractivity contribution in [3.63, 3.8) is 0 Å². The molecule has 4 rings (SSSR count). The summed E-state index contributed by atoms with van der Waals surface area (Å²) in [6.45, 7) is 0.791. The highest BCUT2D eigenvalue weighted by molar-refractivity contribution is 5.83. The number of fused-ring (bicyclic) bond motifs is 1. The van der Waals surface area contributed by atoms with Crippen LogP contribution in [-0.2, 0) is 6.18 Å². The second kappa shape index (κ2) is 6.86. The van der Waals surface area contributed by atoms with Crippen LogP contribution in [-0.4, -0.2) is 18.3 Å². The summed E-state index contributed by atoms with van der Waals surface area (Å²) in [5.74, 6) is 6.78. The van der Waals surface area contributed by atoms with E-state index >= 15 is 0 Å². The highest BCUT2D eigenvalue weighted by Gasteiger charge is 2.38. The minimum Gasteiger partial charge on any atom is -0.493 e. The molecule has 1 atom stereocenters. The standard InChI is InChI=1S/C20H22F3N3O2/c21-20(22,23)18-13(5-6-15(19(18)24)26(25)10-11-1-2-11)12-3-4-14-16(27)7-8-28-17(14)9-12/h3-6,9,11,16,27H,1-2,7-8,10,24-25H2. The topological polar surface area (TPSA) is 84.7 Å². The number of ether oxygens (including phenoxy) is 1. The largest absolute Gasteiger partial charge is 0.493 e. The predicted molar refractivity (Wildman–Crippen MR) is 101 cm³/mol. The summed E-state index contributed by atoms with van der Waals surface area (Å²) < 4.78 is 47.2. The zero-order valence-corrected chi connectivity index (χ0v) is 15.2. The van der Waals surface area contributed by atoms with Gasteiger partial charge in [0, 0.05) is 18.5 Å². The number of hydrogen-bond donors (Lipinski definition) is 3. The molecular weight excluding hydrogens is 371 g/mol. The average Bonchev–Trinajstić information content (AvgIpc) is 3.44. The van der Waals surface area contributed by atoms with Gasteiger partial charge in [-0.3, -0.25) is 0 Å². The summed E-state index contributed by atoms with van der Waals surface area (Å²) in [4.78, 5) is 0. The van der Waals surface area contributed by atoms with Crippen molar-refractivity contribution in [3.05, 3.63) is 41.5 Å². The molecule has 0 saturated heterocycles. The van der Waals surface area contributed by atoms with Crippen LogP contribution in [0.4, 0.5) is 24.5 Å². The Morgan fingerprint density at radius 1 is 1.14 bits per heavy atom. The van der Waals surface area contributed by atoms with Gasteiger partial charge in [0.1, 0.15) is 5.75 Å². The summed E-state index contributed by atoms with van der Waals surface area (Å²) in [7, 11) is 0. The summed E-state index contributed by atoms with van der Waals surface area (Å²) >= 11 is 0. The first-order valence-corrected chi connectivity index (χ1v) is 9.23. The van der Waals surface area contributed by atoms with Crippen molar-refractivity contribution in [2.75, 3.05) is 23.9 Å². The monoisotopic (exact) mass is 393 g/mol. The van der Waals surface area contributed by atoms with Gasteiger partial charge in [-0.05, 0) is 42.0 Å². The second-order valence-electron chi connectivity index (χ2n) is 7.42. The van der Waals surface area contributed by atoms with E-state index < -0.39 is 17.8 Å². The van der Waals surface area contributed by atoms with Gasteiger partial charge < -0.3 is 20.6 Å².